The maximum atomic E-state index is 8.82. The van der Waals surface area contributed by atoms with Crippen molar-refractivity contribution in [2.75, 3.05) is 28.4 Å². The summed E-state index contributed by atoms with van der Waals surface area (Å²) in [6, 6.07) is 2.01. The maximum Gasteiger partial charge on any atom is 0.177 e. The Balaban J connectivity index is 4.37. The molecule has 76 valence electrons. The topological polar surface area (TPSA) is 60.7 Å². The van der Waals surface area contributed by atoms with Crippen molar-refractivity contribution in [2.45, 2.75) is 12.6 Å². The van der Waals surface area contributed by atoms with Gasteiger partial charge in [0.15, 0.2) is 12.6 Å². The zero-order valence-electron chi connectivity index (χ0n) is 8.31. The van der Waals surface area contributed by atoms with Gasteiger partial charge in [0.2, 0.25) is 0 Å². The molecular formula is C8H15NO4. The minimum atomic E-state index is -0.644. The van der Waals surface area contributed by atoms with Crippen molar-refractivity contribution in [3.05, 3.63) is 0 Å². The second-order valence-electron chi connectivity index (χ2n) is 2.33. The van der Waals surface area contributed by atoms with Gasteiger partial charge in [0.25, 0.3) is 0 Å². The molecule has 0 aliphatic heterocycles. The van der Waals surface area contributed by atoms with E-state index in [-0.39, 0.29) is 0 Å². The monoisotopic (exact) mass is 189 g/mol. The molecule has 0 unspecified atom stereocenters. The fourth-order valence-electron chi connectivity index (χ4n) is 1.03. The molecule has 0 spiro atoms. The molecule has 0 saturated carbocycles. The van der Waals surface area contributed by atoms with Gasteiger partial charge in [-0.15, -0.1) is 0 Å². The number of hydrogen-bond donors (Lipinski definition) is 0. The van der Waals surface area contributed by atoms with Gasteiger partial charge in [-0.3, -0.25) is 0 Å². The lowest BCUT2D eigenvalue weighted by molar-refractivity contribution is -0.205. The van der Waals surface area contributed by atoms with E-state index in [1.807, 2.05) is 6.07 Å². The van der Waals surface area contributed by atoms with Crippen LogP contribution in [0.15, 0.2) is 0 Å². The van der Waals surface area contributed by atoms with Crippen molar-refractivity contribution in [2.24, 2.45) is 5.92 Å². The van der Waals surface area contributed by atoms with Crippen LogP contribution in [0.1, 0.15) is 0 Å². The molecule has 0 fully saturated rings. The summed E-state index contributed by atoms with van der Waals surface area (Å²) < 4.78 is 19.7. The van der Waals surface area contributed by atoms with Gasteiger partial charge in [-0.05, 0) is 0 Å². The first-order valence-electron chi connectivity index (χ1n) is 3.75. The van der Waals surface area contributed by atoms with Crippen molar-refractivity contribution in [3.8, 4) is 6.07 Å². The lowest BCUT2D eigenvalue weighted by Gasteiger charge is -2.24. The number of methoxy groups -OCH3 is 4. The molecule has 0 heterocycles. The summed E-state index contributed by atoms with van der Waals surface area (Å²) in [6.07, 6.45) is -1.29. The molecule has 0 atom stereocenters. The van der Waals surface area contributed by atoms with Crippen molar-refractivity contribution >= 4 is 0 Å². The molecule has 0 rings (SSSR count). The molecule has 0 saturated heterocycles. The minimum Gasteiger partial charge on any atom is -0.354 e. The van der Waals surface area contributed by atoms with E-state index in [1.165, 1.54) is 28.4 Å². The number of nitriles is 1. The van der Waals surface area contributed by atoms with Gasteiger partial charge in [0, 0.05) is 28.4 Å². The second-order valence-corrected chi connectivity index (χ2v) is 2.33. The van der Waals surface area contributed by atoms with Crippen LogP contribution < -0.4 is 0 Å². The Bertz CT molecular complexity index is 148. The molecule has 0 aliphatic rings. The SMILES string of the molecule is COC(OC)C(C#N)C(OC)OC. The van der Waals surface area contributed by atoms with Crippen LogP contribution in [-0.4, -0.2) is 41.0 Å². The van der Waals surface area contributed by atoms with Crippen molar-refractivity contribution in [3.63, 3.8) is 0 Å². The lowest BCUT2D eigenvalue weighted by atomic mass is 10.1. The summed E-state index contributed by atoms with van der Waals surface area (Å²) in [5.74, 6) is -0.606. The minimum absolute atomic E-state index is 0.606. The smallest absolute Gasteiger partial charge is 0.177 e. The lowest BCUT2D eigenvalue weighted by Crippen LogP contribution is -2.35. The van der Waals surface area contributed by atoms with E-state index in [4.69, 9.17) is 24.2 Å². The Kier molecular flexibility index (Phi) is 6.45. The van der Waals surface area contributed by atoms with Gasteiger partial charge in [0.1, 0.15) is 5.92 Å². The van der Waals surface area contributed by atoms with Crippen molar-refractivity contribution in [1.82, 2.24) is 0 Å². The summed E-state index contributed by atoms with van der Waals surface area (Å²) in [7, 11) is 5.84. The van der Waals surface area contributed by atoms with E-state index in [0.29, 0.717) is 0 Å². The first-order chi connectivity index (χ1) is 6.24. The third-order valence-electron chi connectivity index (χ3n) is 1.66. The molecule has 5 nitrogen and oxygen atoms in total. The van der Waals surface area contributed by atoms with Crippen molar-refractivity contribution < 1.29 is 18.9 Å². The quantitative estimate of drug-likeness (QED) is 0.565. The zero-order valence-corrected chi connectivity index (χ0v) is 8.31. The molecule has 0 N–H and O–H groups in total. The Morgan fingerprint density at radius 2 is 1.15 bits per heavy atom. The standard InChI is InChI=1S/C8H15NO4/c1-10-7(11-2)6(5-9)8(12-3)13-4/h6-8H,1-4H3. The summed E-state index contributed by atoms with van der Waals surface area (Å²) in [6.45, 7) is 0. The Morgan fingerprint density at radius 3 is 1.31 bits per heavy atom. The van der Waals surface area contributed by atoms with E-state index >= 15 is 0 Å². The van der Waals surface area contributed by atoms with E-state index in [9.17, 15) is 0 Å². The van der Waals surface area contributed by atoms with Crippen LogP contribution in [0.25, 0.3) is 0 Å². The maximum absolute atomic E-state index is 8.82. The first-order valence-corrected chi connectivity index (χ1v) is 3.75. The number of hydrogen-bond acceptors (Lipinski definition) is 5. The van der Waals surface area contributed by atoms with Crippen LogP contribution in [0.3, 0.4) is 0 Å². The third-order valence-corrected chi connectivity index (χ3v) is 1.66. The van der Waals surface area contributed by atoms with Crippen LogP contribution in [0.4, 0.5) is 0 Å². The predicted molar refractivity (Wildman–Crippen MR) is 44.7 cm³/mol. The molecule has 0 aliphatic carbocycles. The highest BCUT2D eigenvalue weighted by atomic mass is 16.7. The molecule has 13 heavy (non-hydrogen) atoms. The van der Waals surface area contributed by atoms with Crippen LogP contribution in [0.2, 0.25) is 0 Å². The Labute approximate surface area is 78.1 Å². The van der Waals surface area contributed by atoms with Gasteiger partial charge < -0.3 is 18.9 Å². The normalized spacial score (nSPS) is 11.2. The molecule has 0 amide bonds. The summed E-state index contributed by atoms with van der Waals surface area (Å²) in [5, 5.41) is 8.82. The fraction of sp³-hybridized carbons (Fsp3) is 0.875. The van der Waals surface area contributed by atoms with Crippen LogP contribution in [0.5, 0.6) is 0 Å². The second kappa shape index (κ2) is 6.80. The van der Waals surface area contributed by atoms with E-state index in [1.54, 1.807) is 0 Å². The summed E-state index contributed by atoms with van der Waals surface area (Å²) in [5.41, 5.74) is 0. The zero-order chi connectivity index (χ0) is 10.3. The average molecular weight is 189 g/mol. The molecule has 0 aromatic heterocycles. The summed E-state index contributed by atoms with van der Waals surface area (Å²) in [4.78, 5) is 0. The first kappa shape index (κ1) is 12.3. The van der Waals surface area contributed by atoms with Gasteiger partial charge in [0.05, 0.1) is 6.07 Å². The average Bonchev–Trinajstić information content (AvgIpc) is 2.18. The van der Waals surface area contributed by atoms with Gasteiger partial charge in [-0.2, -0.15) is 5.26 Å². The van der Waals surface area contributed by atoms with Crippen LogP contribution in [-0.2, 0) is 18.9 Å². The van der Waals surface area contributed by atoms with Crippen LogP contribution >= 0.6 is 0 Å². The van der Waals surface area contributed by atoms with Crippen LogP contribution in [0, 0.1) is 17.2 Å². The third kappa shape index (κ3) is 3.28. The Morgan fingerprint density at radius 1 is 0.846 bits per heavy atom. The van der Waals surface area contributed by atoms with E-state index in [2.05, 4.69) is 0 Å². The molecule has 0 bridgehead atoms. The molecular weight excluding hydrogens is 174 g/mol. The van der Waals surface area contributed by atoms with Gasteiger partial charge in [-0.25, -0.2) is 0 Å². The van der Waals surface area contributed by atoms with E-state index in [0.717, 1.165) is 0 Å². The fourth-order valence-corrected chi connectivity index (χ4v) is 1.03. The van der Waals surface area contributed by atoms with Gasteiger partial charge >= 0.3 is 0 Å². The predicted octanol–water partition coefficient (Wildman–Crippen LogP) is 0.364. The van der Waals surface area contributed by atoms with E-state index < -0.39 is 18.5 Å². The van der Waals surface area contributed by atoms with Crippen molar-refractivity contribution in [1.29, 1.82) is 5.26 Å². The molecule has 0 aromatic carbocycles. The molecule has 0 aromatic rings. The number of rotatable bonds is 6. The number of nitrogens with zero attached hydrogens (tertiary/aromatic N) is 1. The largest absolute Gasteiger partial charge is 0.354 e. The highest BCUT2D eigenvalue weighted by Gasteiger charge is 2.30. The highest BCUT2D eigenvalue weighted by molar-refractivity contribution is 4.88. The highest BCUT2D eigenvalue weighted by Crippen LogP contribution is 2.15. The molecule has 5 heteroatoms. The summed E-state index contributed by atoms with van der Waals surface area (Å²) >= 11 is 0. The van der Waals surface area contributed by atoms with Gasteiger partial charge in [-0.1, -0.05) is 0 Å². The Hall–Kier alpha value is -0.670. The molecule has 0 radical (unpaired) electrons. The number of ether oxygens (including phenoxy) is 4.